The summed E-state index contributed by atoms with van der Waals surface area (Å²) in [5.74, 6) is -4.08. The summed E-state index contributed by atoms with van der Waals surface area (Å²) in [4.78, 5) is 53.1. The normalized spacial score (nSPS) is 30.7. The smallest absolute Gasteiger partial charge is 0.262 e. The first-order chi connectivity index (χ1) is 18.9. The number of ketones is 1. The number of allylic oxidation sites excluding steroid dienone is 2. The predicted molar refractivity (Wildman–Crippen MR) is 154 cm³/mol. The van der Waals surface area contributed by atoms with E-state index in [1.807, 2.05) is 33.8 Å². The maximum absolute atomic E-state index is 14.2. The first-order valence-electron chi connectivity index (χ1n) is 15.0. The fraction of sp³-hybridized carbons (Fsp3) is 0.688. The zero-order valence-electron chi connectivity index (χ0n) is 24.8. The van der Waals surface area contributed by atoms with Crippen molar-refractivity contribution in [3.63, 3.8) is 0 Å². The van der Waals surface area contributed by atoms with Crippen LogP contribution in [-0.2, 0) is 23.9 Å². The topological polar surface area (TPSA) is 122 Å². The summed E-state index contributed by atoms with van der Waals surface area (Å²) in [6.07, 6.45) is 10.3. The van der Waals surface area contributed by atoms with Gasteiger partial charge < -0.3 is 15.2 Å². The summed E-state index contributed by atoms with van der Waals surface area (Å²) in [5, 5.41) is 17.2. The lowest BCUT2D eigenvalue weighted by Crippen LogP contribution is -2.56. The Bertz CT molecular complexity index is 1050. The molecule has 0 aromatic carbocycles. The van der Waals surface area contributed by atoms with Crippen LogP contribution in [0.2, 0.25) is 0 Å². The fourth-order valence-corrected chi connectivity index (χ4v) is 6.89. The molecule has 1 fully saturated rings. The maximum atomic E-state index is 14.2. The zero-order valence-corrected chi connectivity index (χ0v) is 24.8. The molecule has 3 aliphatic rings. The molecule has 2 aliphatic carbocycles. The van der Waals surface area contributed by atoms with Crippen molar-refractivity contribution in [3.05, 3.63) is 36.0 Å². The van der Waals surface area contributed by atoms with Crippen LogP contribution in [0, 0.1) is 35.5 Å². The number of nitrogens with one attached hydrogen (secondary N) is 2. The number of ether oxygens (including phenoxy) is 1. The Morgan fingerprint density at radius 2 is 1.95 bits per heavy atom. The van der Waals surface area contributed by atoms with Crippen LogP contribution in [0.1, 0.15) is 79.6 Å². The van der Waals surface area contributed by atoms with E-state index in [9.17, 15) is 24.3 Å². The van der Waals surface area contributed by atoms with Crippen LogP contribution < -0.4 is 10.6 Å². The van der Waals surface area contributed by atoms with Gasteiger partial charge >= 0.3 is 0 Å². The lowest BCUT2D eigenvalue weighted by molar-refractivity contribution is -0.144. The van der Waals surface area contributed by atoms with Crippen LogP contribution in [0.5, 0.6) is 0 Å². The Morgan fingerprint density at radius 1 is 1.23 bits per heavy atom. The summed E-state index contributed by atoms with van der Waals surface area (Å²) < 4.78 is 5.54. The molecule has 0 spiro atoms. The average Bonchev–Trinajstić information content (AvgIpc) is 3.19. The highest BCUT2D eigenvalue weighted by Gasteiger charge is 2.55. The first-order valence-corrected chi connectivity index (χ1v) is 15.0. The van der Waals surface area contributed by atoms with Gasteiger partial charge in [-0.25, -0.2) is 0 Å². The lowest BCUT2D eigenvalue weighted by atomic mass is 9.55. The SMILES string of the molecule is C=CC(CCCCC)C1=C(C(=O)C2C(C)C=CC3(O)CC(C(=O)NCCCOC(C)C)CC(C)C23)C(=O)NC1=O. The van der Waals surface area contributed by atoms with Gasteiger partial charge in [0.15, 0.2) is 5.78 Å². The van der Waals surface area contributed by atoms with Gasteiger partial charge in [-0.2, -0.15) is 0 Å². The molecule has 0 bridgehead atoms. The quantitative estimate of drug-likeness (QED) is 0.129. The molecule has 0 radical (unpaired) electrons. The van der Waals surface area contributed by atoms with Crippen molar-refractivity contribution in [2.45, 2.75) is 91.3 Å². The molecule has 0 aromatic rings. The van der Waals surface area contributed by atoms with Crippen molar-refractivity contribution in [2.75, 3.05) is 13.2 Å². The second-order valence-corrected chi connectivity index (χ2v) is 12.2. The van der Waals surface area contributed by atoms with E-state index in [2.05, 4.69) is 24.1 Å². The number of amides is 3. The van der Waals surface area contributed by atoms with Gasteiger partial charge in [-0.05, 0) is 51.4 Å². The number of fused-ring (bicyclic) bond motifs is 1. The zero-order chi connectivity index (χ0) is 29.6. The van der Waals surface area contributed by atoms with E-state index >= 15 is 0 Å². The molecule has 8 heteroatoms. The van der Waals surface area contributed by atoms with E-state index in [1.165, 1.54) is 0 Å². The van der Waals surface area contributed by atoms with Crippen molar-refractivity contribution in [3.8, 4) is 0 Å². The molecule has 3 N–H and O–H groups in total. The molecule has 40 heavy (non-hydrogen) atoms. The maximum Gasteiger partial charge on any atom is 0.262 e. The molecule has 8 nitrogen and oxygen atoms in total. The largest absolute Gasteiger partial charge is 0.385 e. The van der Waals surface area contributed by atoms with Gasteiger partial charge in [0.1, 0.15) is 0 Å². The Balaban J connectivity index is 1.83. The van der Waals surface area contributed by atoms with Gasteiger partial charge in [-0.1, -0.05) is 58.3 Å². The highest BCUT2D eigenvalue weighted by Crippen LogP contribution is 2.51. The molecule has 7 atom stereocenters. The summed E-state index contributed by atoms with van der Waals surface area (Å²) in [6.45, 7) is 14.8. The van der Waals surface area contributed by atoms with Gasteiger partial charge in [0.25, 0.3) is 11.8 Å². The summed E-state index contributed by atoms with van der Waals surface area (Å²) in [6, 6.07) is 0. The summed E-state index contributed by atoms with van der Waals surface area (Å²) in [5.41, 5.74) is -1.25. The number of Topliss-reactive ketones (excluding diaryl/α,β-unsaturated/α-hetero) is 1. The number of rotatable bonds is 14. The van der Waals surface area contributed by atoms with Crippen LogP contribution in [0.25, 0.3) is 0 Å². The van der Waals surface area contributed by atoms with Crippen LogP contribution in [-0.4, -0.2) is 53.5 Å². The second-order valence-electron chi connectivity index (χ2n) is 12.2. The number of carbonyl (C=O) groups excluding carboxylic acids is 4. The number of carbonyl (C=O) groups is 4. The van der Waals surface area contributed by atoms with Crippen molar-refractivity contribution < 1.29 is 29.0 Å². The third-order valence-electron chi connectivity index (χ3n) is 8.80. The Labute approximate surface area is 239 Å². The third-order valence-corrected chi connectivity index (χ3v) is 8.80. The molecule has 3 rings (SSSR count). The molecule has 0 aromatic heterocycles. The minimum absolute atomic E-state index is 0.0865. The van der Waals surface area contributed by atoms with E-state index < -0.39 is 46.9 Å². The fourth-order valence-electron chi connectivity index (χ4n) is 6.89. The first kappa shape index (κ1) is 31.9. The lowest BCUT2D eigenvalue weighted by Gasteiger charge is -2.51. The van der Waals surface area contributed by atoms with E-state index in [1.54, 1.807) is 12.2 Å². The second kappa shape index (κ2) is 13.9. The molecule has 1 heterocycles. The van der Waals surface area contributed by atoms with Gasteiger partial charge in [0.2, 0.25) is 5.91 Å². The van der Waals surface area contributed by atoms with Crippen molar-refractivity contribution in [1.29, 1.82) is 0 Å². The van der Waals surface area contributed by atoms with Crippen molar-refractivity contribution in [1.82, 2.24) is 10.6 Å². The summed E-state index contributed by atoms with van der Waals surface area (Å²) in [7, 11) is 0. The van der Waals surface area contributed by atoms with Crippen LogP contribution in [0.15, 0.2) is 36.0 Å². The number of aliphatic hydroxyl groups is 1. The molecule has 1 saturated carbocycles. The average molecular weight is 557 g/mol. The van der Waals surface area contributed by atoms with Gasteiger partial charge in [0.05, 0.1) is 17.3 Å². The van der Waals surface area contributed by atoms with Crippen LogP contribution in [0.3, 0.4) is 0 Å². The molecule has 0 saturated heterocycles. The molecule has 1 aliphatic heterocycles. The Morgan fingerprint density at radius 3 is 2.60 bits per heavy atom. The van der Waals surface area contributed by atoms with Crippen molar-refractivity contribution >= 4 is 23.5 Å². The standard InChI is InChI=1S/C32H48N2O6/c1-7-9-10-12-22(8-2)25-26(31(38)34-30(25)37)28(35)24-20(5)13-14-32(39)18-23(17-21(6)27(24)32)29(36)33-15-11-16-40-19(3)4/h8,13-14,19-24,27,39H,2,7,9-12,15-18H2,1,3-6H3,(H,33,36)(H,34,37,38). The van der Waals surface area contributed by atoms with Gasteiger partial charge in [-0.15, -0.1) is 6.58 Å². The van der Waals surface area contributed by atoms with E-state index in [0.717, 1.165) is 19.3 Å². The van der Waals surface area contributed by atoms with Crippen LogP contribution >= 0.6 is 0 Å². The third kappa shape index (κ3) is 7.00. The molecule has 3 amide bonds. The molecular formula is C32H48N2O6. The van der Waals surface area contributed by atoms with Gasteiger partial charge in [0, 0.05) is 42.4 Å². The number of hydrogen-bond acceptors (Lipinski definition) is 6. The molecule has 7 unspecified atom stereocenters. The van der Waals surface area contributed by atoms with Gasteiger partial charge in [-0.3, -0.25) is 24.5 Å². The Kier molecular flexibility index (Phi) is 11.1. The van der Waals surface area contributed by atoms with E-state index in [4.69, 9.17) is 4.74 Å². The monoisotopic (exact) mass is 556 g/mol. The number of hydrogen-bond donors (Lipinski definition) is 3. The molecular weight excluding hydrogens is 508 g/mol. The minimum atomic E-state index is -1.37. The predicted octanol–water partition coefficient (Wildman–Crippen LogP) is 4.04. The number of imide groups is 1. The Hall–Kier alpha value is -2.58. The van der Waals surface area contributed by atoms with Crippen molar-refractivity contribution in [2.24, 2.45) is 35.5 Å². The minimum Gasteiger partial charge on any atom is -0.385 e. The highest BCUT2D eigenvalue weighted by molar-refractivity contribution is 6.33. The number of unbranched alkanes of at least 4 members (excludes halogenated alkanes) is 2. The molecule has 222 valence electrons. The summed E-state index contributed by atoms with van der Waals surface area (Å²) >= 11 is 0. The van der Waals surface area contributed by atoms with E-state index in [0.29, 0.717) is 32.4 Å². The van der Waals surface area contributed by atoms with E-state index in [-0.39, 0.29) is 41.4 Å². The highest BCUT2D eigenvalue weighted by atomic mass is 16.5. The van der Waals surface area contributed by atoms with Crippen LogP contribution in [0.4, 0.5) is 0 Å².